The monoisotopic (exact) mass is 636 g/mol. The number of benzene rings is 3. The van der Waals surface area contributed by atoms with Gasteiger partial charge < -0.3 is 24.0 Å². The number of hydrogen-bond acceptors (Lipinski definition) is 5. The van der Waals surface area contributed by atoms with Gasteiger partial charge in [-0.3, -0.25) is 4.79 Å². The average Bonchev–Trinajstić information content (AvgIpc) is 3.85. The Labute approximate surface area is 269 Å². The number of hydrogen-bond donors (Lipinski definition) is 0. The van der Waals surface area contributed by atoms with E-state index < -0.39 is 11.7 Å². The lowest BCUT2D eigenvalue weighted by Gasteiger charge is -2.34. The molecule has 7 nitrogen and oxygen atoms in total. The lowest BCUT2D eigenvalue weighted by molar-refractivity contribution is -0.128. The summed E-state index contributed by atoms with van der Waals surface area (Å²) in [6, 6.07) is 22.9. The molecule has 44 heavy (non-hydrogen) atoms. The molecule has 0 aromatic heterocycles. The van der Waals surface area contributed by atoms with Gasteiger partial charge in [0.1, 0.15) is 30.3 Å². The van der Waals surface area contributed by atoms with E-state index in [1.807, 2.05) is 92.4 Å². The van der Waals surface area contributed by atoms with Crippen molar-refractivity contribution in [1.82, 2.24) is 9.80 Å². The lowest BCUT2D eigenvalue weighted by Crippen LogP contribution is -2.44. The zero-order valence-corrected chi connectivity index (χ0v) is 26.9. The minimum atomic E-state index is -0.648. The number of nitrogens with zero attached hydrogens (tertiary/aromatic N) is 2. The molecule has 1 heterocycles. The Bertz CT molecular complexity index is 1510. The van der Waals surface area contributed by atoms with Crippen LogP contribution in [0.4, 0.5) is 4.79 Å². The lowest BCUT2D eigenvalue weighted by atomic mass is 9.92. The average molecular weight is 638 g/mol. The number of halogens is 2. The van der Waals surface area contributed by atoms with Gasteiger partial charge in [0.15, 0.2) is 0 Å². The van der Waals surface area contributed by atoms with Crippen molar-refractivity contribution in [3.8, 4) is 11.5 Å². The van der Waals surface area contributed by atoms with Crippen molar-refractivity contribution in [1.29, 1.82) is 0 Å². The number of carbonyl (C=O) groups is 2. The summed E-state index contributed by atoms with van der Waals surface area (Å²) in [5, 5.41) is 0.897. The molecule has 1 aliphatic carbocycles. The fraction of sp³-hybridized carbons (Fsp3) is 0.371. The summed E-state index contributed by atoms with van der Waals surface area (Å²) in [5.41, 5.74) is 2.48. The van der Waals surface area contributed by atoms with Gasteiger partial charge in [0.2, 0.25) is 0 Å². The maximum Gasteiger partial charge on any atom is 0.410 e. The van der Waals surface area contributed by atoms with E-state index >= 15 is 0 Å². The summed E-state index contributed by atoms with van der Waals surface area (Å²) >= 11 is 12.8. The maximum atomic E-state index is 14.4. The smallest absolute Gasteiger partial charge is 0.410 e. The van der Waals surface area contributed by atoms with E-state index in [4.69, 9.17) is 37.4 Å². The van der Waals surface area contributed by atoms with Crippen LogP contribution in [0.1, 0.15) is 51.2 Å². The third-order valence-corrected chi connectivity index (χ3v) is 8.28. The first-order chi connectivity index (χ1) is 21.1. The highest BCUT2D eigenvalue weighted by Crippen LogP contribution is 2.36. The van der Waals surface area contributed by atoms with Gasteiger partial charge in [-0.2, -0.15) is 0 Å². The third-order valence-electron chi connectivity index (χ3n) is 7.42. The second-order valence-electron chi connectivity index (χ2n) is 12.0. The molecule has 2 amide bonds. The molecule has 0 unspecified atom stereocenters. The van der Waals surface area contributed by atoms with Crippen molar-refractivity contribution in [2.75, 3.05) is 26.3 Å². The second kappa shape index (κ2) is 14.0. The Morgan fingerprint density at radius 1 is 0.909 bits per heavy atom. The van der Waals surface area contributed by atoms with Gasteiger partial charge in [0.05, 0.1) is 16.6 Å². The third kappa shape index (κ3) is 8.27. The molecular formula is C35H38Cl2N2O5. The summed E-state index contributed by atoms with van der Waals surface area (Å²) in [7, 11) is 0. The first kappa shape index (κ1) is 31.7. The normalized spacial score (nSPS) is 15.2. The molecule has 3 aromatic carbocycles. The zero-order valence-electron chi connectivity index (χ0n) is 25.4. The van der Waals surface area contributed by atoms with Crippen molar-refractivity contribution in [3.63, 3.8) is 0 Å². The minimum absolute atomic E-state index is 0.0995. The van der Waals surface area contributed by atoms with Crippen molar-refractivity contribution >= 4 is 40.8 Å². The molecule has 1 fully saturated rings. The van der Waals surface area contributed by atoms with Crippen LogP contribution in [-0.2, 0) is 16.1 Å². The van der Waals surface area contributed by atoms with E-state index in [-0.39, 0.29) is 18.5 Å². The van der Waals surface area contributed by atoms with Crippen LogP contribution in [0.15, 0.2) is 78.4 Å². The number of para-hydroxylation sites is 1. The number of rotatable bonds is 10. The van der Waals surface area contributed by atoms with Crippen molar-refractivity contribution in [3.05, 3.63) is 99.5 Å². The van der Waals surface area contributed by atoms with Crippen LogP contribution in [0.3, 0.4) is 0 Å². The van der Waals surface area contributed by atoms with Gasteiger partial charge in [0.25, 0.3) is 5.91 Å². The highest BCUT2D eigenvalue weighted by atomic mass is 35.5. The highest BCUT2D eigenvalue weighted by molar-refractivity contribution is 6.42. The summed E-state index contributed by atoms with van der Waals surface area (Å²) < 4.78 is 17.4. The highest BCUT2D eigenvalue weighted by Gasteiger charge is 2.38. The fourth-order valence-electron chi connectivity index (χ4n) is 5.15. The first-order valence-corrected chi connectivity index (χ1v) is 15.7. The van der Waals surface area contributed by atoms with E-state index in [9.17, 15) is 9.59 Å². The minimum Gasteiger partial charge on any atom is -0.490 e. The van der Waals surface area contributed by atoms with Crippen LogP contribution in [0.5, 0.6) is 11.5 Å². The predicted molar refractivity (Wildman–Crippen MR) is 173 cm³/mol. The fourth-order valence-corrected chi connectivity index (χ4v) is 5.53. The standard InChI is InChI=1S/C35H38Cl2N2O5/c1-35(2,3)44-34(41)38-18-17-29(24-9-7-13-28(21-24)43-20-19-42-27-11-5-4-6-12-27)30(23-38)33(40)39(26-15-16-26)22-25-10-8-14-31(36)32(25)37/h4-14,21,26H,15-20,22-23H2,1-3H3. The molecule has 2 aliphatic rings. The van der Waals surface area contributed by atoms with Gasteiger partial charge in [-0.1, -0.05) is 65.7 Å². The zero-order chi connectivity index (χ0) is 31.3. The van der Waals surface area contributed by atoms with Crippen LogP contribution < -0.4 is 9.47 Å². The molecule has 3 aromatic rings. The number of carbonyl (C=O) groups excluding carboxylic acids is 2. The predicted octanol–water partition coefficient (Wildman–Crippen LogP) is 8.04. The van der Waals surface area contributed by atoms with Crippen LogP contribution in [0.25, 0.3) is 5.57 Å². The van der Waals surface area contributed by atoms with E-state index in [0.717, 1.165) is 35.3 Å². The molecule has 0 radical (unpaired) electrons. The van der Waals surface area contributed by atoms with E-state index in [1.54, 1.807) is 11.0 Å². The largest absolute Gasteiger partial charge is 0.490 e. The molecular weight excluding hydrogens is 599 g/mol. The Kier molecular flexibility index (Phi) is 10.1. The molecule has 5 rings (SSSR count). The molecule has 1 saturated carbocycles. The van der Waals surface area contributed by atoms with Crippen molar-refractivity contribution in [2.24, 2.45) is 0 Å². The van der Waals surface area contributed by atoms with Gasteiger partial charge in [-0.05, 0) is 87.1 Å². The van der Waals surface area contributed by atoms with E-state index in [1.165, 1.54) is 0 Å². The molecule has 9 heteroatoms. The van der Waals surface area contributed by atoms with Gasteiger partial charge in [-0.15, -0.1) is 0 Å². The summed E-state index contributed by atoms with van der Waals surface area (Å²) in [6.07, 6.45) is 1.89. The Morgan fingerprint density at radius 3 is 2.30 bits per heavy atom. The summed E-state index contributed by atoms with van der Waals surface area (Å²) in [4.78, 5) is 31.0. The van der Waals surface area contributed by atoms with Crippen LogP contribution in [0, 0.1) is 0 Å². The van der Waals surface area contributed by atoms with E-state index in [2.05, 4.69) is 0 Å². The molecule has 0 bridgehead atoms. The van der Waals surface area contributed by atoms with Gasteiger partial charge in [-0.25, -0.2) is 4.79 Å². The van der Waals surface area contributed by atoms with Crippen LogP contribution >= 0.6 is 23.2 Å². The Balaban J connectivity index is 1.41. The second-order valence-corrected chi connectivity index (χ2v) is 12.8. The molecule has 0 saturated heterocycles. The summed E-state index contributed by atoms with van der Waals surface area (Å²) in [6.45, 7) is 7.18. The number of amides is 2. The quantitative estimate of drug-likeness (QED) is 0.211. The Hall–Kier alpha value is -3.68. The molecule has 0 atom stereocenters. The first-order valence-electron chi connectivity index (χ1n) is 14.9. The SMILES string of the molecule is CC(C)(C)OC(=O)N1CCC(c2cccc(OCCOc3ccccc3)c2)=C(C(=O)N(Cc2cccc(Cl)c2Cl)C2CC2)C1. The van der Waals surface area contributed by atoms with Gasteiger partial charge in [0, 0.05) is 24.7 Å². The van der Waals surface area contributed by atoms with E-state index in [0.29, 0.717) is 54.1 Å². The van der Waals surface area contributed by atoms with Crippen molar-refractivity contribution in [2.45, 2.75) is 58.2 Å². The topological polar surface area (TPSA) is 68.3 Å². The molecule has 232 valence electrons. The Morgan fingerprint density at radius 2 is 1.59 bits per heavy atom. The molecule has 0 N–H and O–H groups in total. The number of ether oxygens (including phenoxy) is 3. The molecule has 0 spiro atoms. The van der Waals surface area contributed by atoms with Crippen LogP contribution in [0.2, 0.25) is 10.0 Å². The summed E-state index contributed by atoms with van der Waals surface area (Å²) in [5.74, 6) is 1.35. The van der Waals surface area contributed by atoms with Crippen molar-refractivity contribution < 1.29 is 23.8 Å². The van der Waals surface area contributed by atoms with Crippen LogP contribution in [-0.4, -0.2) is 59.7 Å². The van der Waals surface area contributed by atoms with Gasteiger partial charge >= 0.3 is 6.09 Å². The molecule has 1 aliphatic heterocycles. The maximum absolute atomic E-state index is 14.4.